The van der Waals surface area contributed by atoms with Gasteiger partial charge < -0.3 is 9.84 Å². The molecule has 1 atom stereocenters. The van der Waals surface area contributed by atoms with Crippen LogP contribution in [0.5, 0.6) is 5.75 Å². The Kier molecular flexibility index (Phi) is 6.52. The molecule has 0 saturated heterocycles. The second kappa shape index (κ2) is 9.84. The van der Waals surface area contributed by atoms with Crippen LogP contribution >= 0.6 is 0 Å². The van der Waals surface area contributed by atoms with Crippen molar-refractivity contribution in [1.82, 2.24) is 9.78 Å². The van der Waals surface area contributed by atoms with Gasteiger partial charge in [0.2, 0.25) is 0 Å². The second-order valence-corrected chi connectivity index (χ2v) is 7.56. The zero-order valence-electron chi connectivity index (χ0n) is 17.9. The van der Waals surface area contributed by atoms with Crippen LogP contribution in [0.15, 0.2) is 79.0 Å². The van der Waals surface area contributed by atoms with E-state index in [0.29, 0.717) is 6.61 Å². The van der Waals surface area contributed by atoms with E-state index in [0.717, 1.165) is 34.3 Å². The Morgan fingerprint density at radius 3 is 2.56 bits per heavy atom. The summed E-state index contributed by atoms with van der Waals surface area (Å²) in [5.41, 5.74) is 4.07. The molecule has 160 valence electrons. The standard InChI is InChI=1S/C27H24N2O3/c1-2-7-22(16-27(30)31)21-12-14-24(15-13-21)32-19-23-10-6-11-26-25(23)18-29(28-26)17-20-8-4-3-5-9-20/h3-6,8-15,18,22H,16-17,19H2,1H3,(H,30,31)/t22-/m0/s1. The van der Waals surface area contributed by atoms with Crippen molar-refractivity contribution in [2.75, 3.05) is 0 Å². The molecular weight excluding hydrogens is 400 g/mol. The Morgan fingerprint density at radius 1 is 1.06 bits per heavy atom. The van der Waals surface area contributed by atoms with Crippen molar-refractivity contribution in [2.45, 2.75) is 32.4 Å². The number of ether oxygens (including phenoxy) is 1. The number of hydrogen-bond donors (Lipinski definition) is 1. The SMILES string of the molecule is CC#C[C@@H](CC(=O)O)c1ccc(OCc2cccc3nn(Cc4ccccc4)cc23)cc1. The zero-order chi connectivity index (χ0) is 22.3. The number of nitrogens with zero attached hydrogens (tertiary/aromatic N) is 2. The van der Waals surface area contributed by atoms with Gasteiger partial charge in [0.1, 0.15) is 12.4 Å². The zero-order valence-corrected chi connectivity index (χ0v) is 17.9. The molecule has 0 radical (unpaired) electrons. The van der Waals surface area contributed by atoms with Gasteiger partial charge in [-0.25, -0.2) is 0 Å². The minimum Gasteiger partial charge on any atom is -0.489 e. The third kappa shape index (κ3) is 5.16. The molecule has 0 aliphatic carbocycles. The molecule has 5 nitrogen and oxygen atoms in total. The predicted octanol–water partition coefficient (Wildman–Crippen LogP) is 5.25. The highest BCUT2D eigenvalue weighted by Crippen LogP contribution is 2.24. The molecule has 4 rings (SSSR count). The van der Waals surface area contributed by atoms with Gasteiger partial charge in [0.15, 0.2) is 0 Å². The van der Waals surface area contributed by atoms with Crippen molar-refractivity contribution in [3.05, 3.63) is 95.7 Å². The summed E-state index contributed by atoms with van der Waals surface area (Å²) >= 11 is 0. The molecule has 1 heterocycles. The molecule has 5 heteroatoms. The van der Waals surface area contributed by atoms with Crippen LogP contribution in [0.3, 0.4) is 0 Å². The fraction of sp³-hybridized carbons (Fsp3) is 0.185. The molecular formula is C27H24N2O3. The molecule has 3 aromatic carbocycles. The summed E-state index contributed by atoms with van der Waals surface area (Å²) in [5.74, 6) is 5.32. The monoisotopic (exact) mass is 424 g/mol. The van der Waals surface area contributed by atoms with E-state index in [1.54, 1.807) is 6.92 Å². The van der Waals surface area contributed by atoms with Gasteiger partial charge in [-0.3, -0.25) is 9.48 Å². The molecule has 0 unspecified atom stereocenters. The van der Waals surface area contributed by atoms with Crippen molar-refractivity contribution in [2.24, 2.45) is 0 Å². The Labute approximate surface area is 187 Å². The van der Waals surface area contributed by atoms with Gasteiger partial charge in [0, 0.05) is 17.1 Å². The van der Waals surface area contributed by atoms with Crippen LogP contribution in [-0.2, 0) is 17.9 Å². The van der Waals surface area contributed by atoms with Gasteiger partial charge in [-0.05, 0) is 36.2 Å². The van der Waals surface area contributed by atoms with Crippen LogP contribution in [0.1, 0.15) is 36.0 Å². The Hall–Kier alpha value is -4.04. The number of aromatic nitrogens is 2. The third-order valence-electron chi connectivity index (χ3n) is 5.25. The van der Waals surface area contributed by atoms with Crippen LogP contribution in [0, 0.1) is 11.8 Å². The molecule has 1 N–H and O–H groups in total. The molecule has 0 amide bonds. The van der Waals surface area contributed by atoms with Crippen LogP contribution < -0.4 is 4.74 Å². The van der Waals surface area contributed by atoms with Crippen LogP contribution in [0.2, 0.25) is 0 Å². The molecule has 0 aliphatic heterocycles. The van der Waals surface area contributed by atoms with E-state index in [1.165, 1.54) is 5.56 Å². The number of carboxylic acid groups (broad SMARTS) is 1. The van der Waals surface area contributed by atoms with Gasteiger partial charge in [0.05, 0.1) is 24.4 Å². The molecule has 0 aliphatic rings. The predicted molar refractivity (Wildman–Crippen MR) is 124 cm³/mol. The normalized spacial score (nSPS) is 11.5. The third-order valence-corrected chi connectivity index (χ3v) is 5.25. The van der Waals surface area contributed by atoms with Crippen LogP contribution in [0.4, 0.5) is 0 Å². The van der Waals surface area contributed by atoms with Crippen LogP contribution in [0.25, 0.3) is 10.9 Å². The average molecular weight is 425 g/mol. The van der Waals surface area contributed by atoms with Crippen molar-refractivity contribution in [3.8, 4) is 17.6 Å². The number of carbonyl (C=O) groups is 1. The Balaban J connectivity index is 1.46. The van der Waals surface area contributed by atoms with Gasteiger partial charge in [-0.1, -0.05) is 60.5 Å². The molecule has 1 aromatic heterocycles. The first-order chi connectivity index (χ1) is 15.6. The summed E-state index contributed by atoms with van der Waals surface area (Å²) in [5, 5.41) is 14.9. The van der Waals surface area contributed by atoms with Crippen molar-refractivity contribution < 1.29 is 14.6 Å². The van der Waals surface area contributed by atoms with Crippen molar-refractivity contribution in [1.29, 1.82) is 0 Å². The highest BCUT2D eigenvalue weighted by Gasteiger charge is 2.13. The van der Waals surface area contributed by atoms with Gasteiger partial charge in [-0.2, -0.15) is 5.10 Å². The Bertz CT molecular complexity index is 1270. The quantitative estimate of drug-likeness (QED) is 0.393. The molecule has 0 spiro atoms. The first kappa shape index (κ1) is 21.2. The summed E-state index contributed by atoms with van der Waals surface area (Å²) in [6, 6.07) is 23.8. The number of fused-ring (bicyclic) bond motifs is 1. The maximum atomic E-state index is 11.1. The number of aliphatic carboxylic acids is 1. The average Bonchev–Trinajstić information content (AvgIpc) is 3.21. The largest absolute Gasteiger partial charge is 0.489 e. The van der Waals surface area contributed by atoms with E-state index in [9.17, 15) is 4.79 Å². The Morgan fingerprint density at radius 2 is 1.84 bits per heavy atom. The minimum absolute atomic E-state index is 0.0178. The van der Waals surface area contributed by atoms with E-state index in [-0.39, 0.29) is 12.3 Å². The molecule has 32 heavy (non-hydrogen) atoms. The van der Waals surface area contributed by atoms with E-state index < -0.39 is 5.97 Å². The number of benzene rings is 3. The summed E-state index contributed by atoms with van der Waals surface area (Å²) in [6.07, 6.45) is 2.04. The number of hydrogen-bond acceptors (Lipinski definition) is 3. The lowest BCUT2D eigenvalue weighted by atomic mass is 9.96. The summed E-state index contributed by atoms with van der Waals surface area (Å²) in [4.78, 5) is 11.1. The lowest BCUT2D eigenvalue weighted by Crippen LogP contribution is -2.04. The smallest absolute Gasteiger partial charge is 0.304 e. The van der Waals surface area contributed by atoms with Crippen molar-refractivity contribution >= 4 is 16.9 Å². The van der Waals surface area contributed by atoms with Gasteiger partial charge >= 0.3 is 5.97 Å². The maximum Gasteiger partial charge on any atom is 0.304 e. The lowest BCUT2D eigenvalue weighted by molar-refractivity contribution is -0.137. The van der Waals surface area contributed by atoms with E-state index in [2.05, 4.69) is 30.2 Å². The molecule has 0 saturated carbocycles. The van der Waals surface area contributed by atoms with E-state index >= 15 is 0 Å². The topological polar surface area (TPSA) is 64.3 Å². The van der Waals surface area contributed by atoms with E-state index in [1.807, 2.05) is 65.3 Å². The highest BCUT2D eigenvalue weighted by atomic mass is 16.5. The lowest BCUT2D eigenvalue weighted by Gasteiger charge is -2.11. The first-order valence-electron chi connectivity index (χ1n) is 10.5. The summed E-state index contributed by atoms with van der Waals surface area (Å²) in [7, 11) is 0. The molecule has 0 bridgehead atoms. The maximum absolute atomic E-state index is 11.1. The highest BCUT2D eigenvalue weighted by molar-refractivity contribution is 5.81. The van der Waals surface area contributed by atoms with Gasteiger partial charge in [-0.15, -0.1) is 5.92 Å². The molecule has 4 aromatic rings. The summed E-state index contributed by atoms with van der Waals surface area (Å²) < 4.78 is 7.97. The number of rotatable bonds is 8. The van der Waals surface area contributed by atoms with Gasteiger partial charge in [0.25, 0.3) is 0 Å². The second-order valence-electron chi connectivity index (χ2n) is 7.56. The van der Waals surface area contributed by atoms with Crippen molar-refractivity contribution in [3.63, 3.8) is 0 Å². The summed E-state index contributed by atoms with van der Waals surface area (Å²) in [6.45, 7) is 2.85. The fourth-order valence-electron chi connectivity index (χ4n) is 3.69. The van der Waals surface area contributed by atoms with E-state index in [4.69, 9.17) is 14.9 Å². The molecule has 0 fully saturated rings. The minimum atomic E-state index is -0.862. The first-order valence-corrected chi connectivity index (χ1v) is 10.5. The number of carboxylic acids is 1. The fourth-order valence-corrected chi connectivity index (χ4v) is 3.69. The van der Waals surface area contributed by atoms with Crippen LogP contribution in [-0.4, -0.2) is 20.9 Å².